The number of carbonyl (C=O) groups is 1. The maximum atomic E-state index is 10.1. The van der Waals surface area contributed by atoms with E-state index < -0.39 is 5.97 Å². The molecule has 2 N–H and O–H groups in total. The summed E-state index contributed by atoms with van der Waals surface area (Å²) >= 11 is 0. The normalized spacial score (nSPS) is 36.4. The van der Waals surface area contributed by atoms with Gasteiger partial charge >= 0.3 is 5.97 Å². The molecule has 0 spiro atoms. The predicted molar refractivity (Wildman–Crippen MR) is 58.6 cm³/mol. The predicted octanol–water partition coefficient (Wildman–Crippen LogP) is 1.80. The number of fused-ring (bicyclic) bond motifs is 2. The summed E-state index contributed by atoms with van der Waals surface area (Å²) in [6.45, 7) is 0.858. The van der Waals surface area contributed by atoms with Gasteiger partial charge in [0.15, 0.2) is 0 Å². The van der Waals surface area contributed by atoms with Crippen LogP contribution in [0.25, 0.3) is 0 Å². The van der Waals surface area contributed by atoms with E-state index in [1.807, 2.05) is 0 Å². The molecule has 2 aliphatic carbocycles. The molecule has 3 atom stereocenters. The third-order valence-corrected chi connectivity index (χ3v) is 3.53. The number of hydrogen-bond acceptors (Lipinski definition) is 2. The number of carboxylic acids is 1. The first kappa shape index (κ1) is 10.7. The highest BCUT2D eigenvalue weighted by Crippen LogP contribution is 2.38. The highest BCUT2D eigenvalue weighted by Gasteiger charge is 2.25. The van der Waals surface area contributed by atoms with Crippen LogP contribution in [0.1, 0.15) is 32.1 Å². The second kappa shape index (κ2) is 4.79. The second-order valence-electron chi connectivity index (χ2n) is 4.71. The van der Waals surface area contributed by atoms with Crippen molar-refractivity contribution in [3.63, 3.8) is 0 Å². The summed E-state index contributed by atoms with van der Waals surface area (Å²) in [6.07, 6.45) is 11.0. The van der Waals surface area contributed by atoms with Gasteiger partial charge in [-0.15, -0.1) is 0 Å². The van der Waals surface area contributed by atoms with Crippen LogP contribution in [-0.2, 0) is 4.79 Å². The van der Waals surface area contributed by atoms with E-state index in [4.69, 9.17) is 5.11 Å². The SMILES string of the molecule is C1=CC2CCC1C2.O=C(O)[C@@H]1CCCN1. The summed E-state index contributed by atoms with van der Waals surface area (Å²) in [5.74, 6) is 1.26. The molecule has 3 heteroatoms. The van der Waals surface area contributed by atoms with Crippen LogP contribution in [0.2, 0.25) is 0 Å². The smallest absolute Gasteiger partial charge is 0.320 e. The summed E-state index contributed by atoms with van der Waals surface area (Å²) in [7, 11) is 0. The van der Waals surface area contributed by atoms with Gasteiger partial charge in [0.25, 0.3) is 0 Å². The third kappa shape index (κ3) is 2.81. The monoisotopic (exact) mass is 209 g/mol. The molecule has 0 aromatic rings. The summed E-state index contributed by atoms with van der Waals surface area (Å²) in [4.78, 5) is 10.1. The van der Waals surface area contributed by atoms with Gasteiger partial charge in [-0.05, 0) is 50.5 Å². The molecule has 0 aromatic carbocycles. The van der Waals surface area contributed by atoms with Gasteiger partial charge in [-0.25, -0.2) is 0 Å². The maximum absolute atomic E-state index is 10.1. The fraction of sp³-hybridized carbons (Fsp3) is 0.750. The van der Waals surface area contributed by atoms with Crippen molar-refractivity contribution in [3.8, 4) is 0 Å². The van der Waals surface area contributed by atoms with Crippen molar-refractivity contribution in [2.45, 2.75) is 38.1 Å². The fourth-order valence-corrected chi connectivity index (χ4v) is 2.61. The number of nitrogens with one attached hydrogen (secondary N) is 1. The Hall–Kier alpha value is -0.830. The molecule has 0 radical (unpaired) electrons. The molecule has 2 fully saturated rings. The summed E-state index contributed by atoms with van der Waals surface area (Å²) in [5.41, 5.74) is 0. The minimum atomic E-state index is -0.720. The molecule has 0 amide bonds. The average Bonchev–Trinajstić information content (AvgIpc) is 2.98. The zero-order chi connectivity index (χ0) is 10.7. The number of aliphatic carboxylic acids is 1. The lowest BCUT2D eigenvalue weighted by molar-refractivity contribution is -0.139. The molecule has 1 heterocycles. The van der Waals surface area contributed by atoms with Crippen molar-refractivity contribution >= 4 is 5.97 Å². The van der Waals surface area contributed by atoms with Crippen molar-refractivity contribution in [2.24, 2.45) is 11.8 Å². The molecule has 2 bridgehead atoms. The van der Waals surface area contributed by atoms with Gasteiger partial charge in [0.2, 0.25) is 0 Å². The Morgan fingerprint density at radius 1 is 1.20 bits per heavy atom. The van der Waals surface area contributed by atoms with Crippen LogP contribution < -0.4 is 5.32 Å². The lowest BCUT2D eigenvalue weighted by atomic mass is 10.1. The Labute approximate surface area is 90.6 Å². The van der Waals surface area contributed by atoms with E-state index in [1.165, 1.54) is 19.3 Å². The van der Waals surface area contributed by atoms with Crippen LogP contribution in [0, 0.1) is 11.8 Å². The number of allylic oxidation sites excluding steroid dienone is 2. The minimum Gasteiger partial charge on any atom is -0.480 e. The van der Waals surface area contributed by atoms with E-state index in [2.05, 4.69) is 17.5 Å². The molecule has 3 nitrogen and oxygen atoms in total. The van der Waals surface area contributed by atoms with Crippen molar-refractivity contribution in [1.29, 1.82) is 0 Å². The molecular weight excluding hydrogens is 190 g/mol. The van der Waals surface area contributed by atoms with Crippen molar-refractivity contribution in [2.75, 3.05) is 6.54 Å². The highest BCUT2D eigenvalue weighted by atomic mass is 16.4. The first-order valence-electron chi connectivity index (χ1n) is 5.90. The zero-order valence-electron chi connectivity index (χ0n) is 8.98. The zero-order valence-corrected chi connectivity index (χ0v) is 8.98. The topological polar surface area (TPSA) is 49.3 Å². The van der Waals surface area contributed by atoms with Gasteiger partial charge in [0.1, 0.15) is 6.04 Å². The van der Waals surface area contributed by atoms with Gasteiger partial charge in [-0.2, -0.15) is 0 Å². The molecule has 2 unspecified atom stereocenters. The maximum Gasteiger partial charge on any atom is 0.320 e. The molecule has 3 rings (SSSR count). The van der Waals surface area contributed by atoms with Crippen LogP contribution in [0.5, 0.6) is 0 Å². The van der Waals surface area contributed by atoms with Crippen molar-refractivity contribution < 1.29 is 9.90 Å². The van der Waals surface area contributed by atoms with E-state index in [1.54, 1.807) is 0 Å². The van der Waals surface area contributed by atoms with Crippen LogP contribution in [0.15, 0.2) is 12.2 Å². The average molecular weight is 209 g/mol. The Bertz CT molecular complexity index is 244. The fourth-order valence-electron chi connectivity index (χ4n) is 2.61. The Morgan fingerprint density at radius 2 is 1.87 bits per heavy atom. The van der Waals surface area contributed by atoms with E-state index >= 15 is 0 Å². The molecule has 0 aromatic heterocycles. The van der Waals surface area contributed by atoms with Crippen LogP contribution in [0.3, 0.4) is 0 Å². The van der Waals surface area contributed by atoms with Gasteiger partial charge in [-0.3, -0.25) is 4.79 Å². The van der Waals surface area contributed by atoms with Gasteiger partial charge in [0.05, 0.1) is 0 Å². The lowest BCUT2D eigenvalue weighted by Crippen LogP contribution is -2.29. The van der Waals surface area contributed by atoms with E-state index in [0.717, 1.165) is 31.2 Å². The first-order chi connectivity index (χ1) is 7.25. The highest BCUT2D eigenvalue weighted by molar-refractivity contribution is 5.73. The van der Waals surface area contributed by atoms with Crippen molar-refractivity contribution in [3.05, 3.63) is 12.2 Å². The Morgan fingerprint density at radius 3 is 2.07 bits per heavy atom. The molecule has 15 heavy (non-hydrogen) atoms. The van der Waals surface area contributed by atoms with Gasteiger partial charge in [0, 0.05) is 0 Å². The quantitative estimate of drug-likeness (QED) is 0.647. The number of carboxylic acid groups (broad SMARTS) is 1. The molecule has 3 aliphatic rings. The minimum absolute atomic E-state index is 0.269. The van der Waals surface area contributed by atoms with Crippen LogP contribution in [0.4, 0.5) is 0 Å². The molecule has 84 valence electrons. The van der Waals surface area contributed by atoms with Crippen LogP contribution in [-0.4, -0.2) is 23.7 Å². The van der Waals surface area contributed by atoms with Gasteiger partial charge in [-0.1, -0.05) is 12.2 Å². The van der Waals surface area contributed by atoms with E-state index in [9.17, 15) is 4.79 Å². The third-order valence-electron chi connectivity index (χ3n) is 3.53. The Kier molecular flexibility index (Phi) is 3.41. The summed E-state index contributed by atoms with van der Waals surface area (Å²) in [6, 6.07) is -0.269. The molecule has 1 saturated heterocycles. The second-order valence-corrected chi connectivity index (χ2v) is 4.71. The standard InChI is InChI=1S/C7H10.C5H9NO2/c1-2-7-4-3-6(1)5-7;7-5(8)4-2-1-3-6-4/h1-2,6-7H,3-5H2;4,6H,1-3H2,(H,7,8)/t;4-/m.0/s1. The number of rotatable bonds is 1. The molecule has 1 aliphatic heterocycles. The lowest BCUT2D eigenvalue weighted by Gasteiger charge is -1.99. The molecule has 1 saturated carbocycles. The Balaban J connectivity index is 0.000000114. The summed E-state index contributed by atoms with van der Waals surface area (Å²) < 4.78 is 0. The van der Waals surface area contributed by atoms with Crippen LogP contribution >= 0.6 is 0 Å². The largest absolute Gasteiger partial charge is 0.480 e. The van der Waals surface area contributed by atoms with Crippen molar-refractivity contribution in [1.82, 2.24) is 5.32 Å². The van der Waals surface area contributed by atoms with E-state index in [0.29, 0.717) is 0 Å². The number of hydrogen-bond donors (Lipinski definition) is 2. The molecular formula is C12H19NO2. The van der Waals surface area contributed by atoms with E-state index in [-0.39, 0.29) is 6.04 Å². The first-order valence-corrected chi connectivity index (χ1v) is 5.90. The summed E-state index contributed by atoms with van der Waals surface area (Å²) in [5, 5.41) is 11.2. The van der Waals surface area contributed by atoms with Gasteiger partial charge < -0.3 is 10.4 Å².